The van der Waals surface area contributed by atoms with Crippen LogP contribution >= 0.6 is 0 Å². The van der Waals surface area contributed by atoms with Crippen molar-refractivity contribution in [2.24, 2.45) is 0 Å². The third-order valence-corrected chi connectivity index (χ3v) is 5.91. The molecule has 1 aliphatic heterocycles. The number of fused-ring (bicyclic) bond motifs is 1. The van der Waals surface area contributed by atoms with E-state index < -0.39 is 0 Å². The number of hydrogen-bond donors (Lipinski definition) is 1. The quantitative estimate of drug-likeness (QED) is 0.427. The van der Waals surface area contributed by atoms with Crippen molar-refractivity contribution in [1.29, 1.82) is 0 Å². The van der Waals surface area contributed by atoms with Gasteiger partial charge in [0.1, 0.15) is 11.6 Å². The molecule has 4 heterocycles. The SMILES string of the molecule is CCCc1ncc(CN2CCOCC2)c2nc(Nc3ccc(-n4cnc(C)c4)c(OC)c3)nn12. The van der Waals surface area contributed by atoms with Crippen LogP contribution in [0.5, 0.6) is 5.75 Å². The summed E-state index contributed by atoms with van der Waals surface area (Å²) in [5.41, 5.74) is 4.60. The average molecular weight is 463 g/mol. The van der Waals surface area contributed by atoms with Gasteiger partial charge in [0.2, 0.25) is 5.95 Å². The molecule has 0 saturated carbocycles. The Morgan fingerprint density at radius 1 is 1.18 bits per heavy atom. The zero-order valence-electron chi connectivity index (χ0n) is 19.9. The van der Waals surface area contributed by atoms with Gasteiger partial charge in [-0.3, -0.25) is 4.90 Å². The van der Waals surface area contributed by atoms with Gasteiger partial charge in [-0.15, -0.1) is 5.10 Å². The Hall–Kier alpha value is -3.50. The third kappa shape index (κ3) is 4.59. The summed E-state index contributed by atoms with van der Waals surface area (Å²) < 4.78 is 15.0. The number of imidazole rings is 1. The molecule has 0 unspecified atom stereocenters. The molecule has 10 nitrogen and oxygen atoms in total. The second kappa shape index (κ2) is 9.78. The van der Waals surface area contributed by atoms with Crippen LogP contribution in [0.3, 0.4) is 0 Å². The molecule has 1 aromatic carbocycles. The lowest BCUT2D eigenvalue weighted by atomic mass is 10.2. The van der Waals surface area contributed by atoms with Crippen LogP contribution in [0.25, 0.3) is 11.3 Å². The Kier molecular flexibility index (Phi) is 6.41. The summed E-state index contributed by atoms with van der Waals surface area (Å²) >= 11 is 0. The molecule has 10 heteroatoms. The van der Waals surface area contributed by atoms with Crippen molar-refractivity contribution in [2.75, 3.05) is 38.7 Å². The Labute approximate surface area is 198 Å². The van der Waals surface area contributed by atoms with E-state index >= 15 is 0 Å². The van der Waals surface area contributed by atoms with E-state index in [-0.39, 0.29) is 0 Å². The van der Waals surface area contributed by atoms with E-state index in [0.717, 1.165) is 85.5 Å². The third-order valence-electron chi connectivity index (χ3n) is 5.91. The molecule has 1 fully saturated rings. The van der Waals surface area contributed by atoms with Crippen LogP contribution in [0.1, 0.15) is 30.4 Å². The van der Waals surface area contributed by atoms with Gasteiger partial charge in [0.05, 0.1) is 38.0 Å². The standard InChI is InChI=1S/C24H30N8O2/c1-4-5-22-25-13-18(15-30-8-10-34-11-9-30)23-28-24(29-32(22)23)27-19-6-7-20(21(12-19)33-3)31-14-17(2)26-16-31/h6-7,12-14,16H,4-5,8-11,15H2,1-3H3,(H,27,29). The van der Waals surface area contributed by atoms with Gasteiger partial charge in [-0.1, -0.05) is 6.92 Å². The Morgan fingerprint density at radius 2 is 2.03 bits per heavy atom. The van der Waals surface area contributed by atoms with E-state index in [1.165, 1.54) is 0 Å². The van der Waals surface area contributed by atoms with Crippen molar-refractivity contribution in [3.05, 3.63) is 54.0 Å². The Morgan fingerprint density at radius 3 is 2.76 bits per heavy atom. The highest BCUT2D eigenvalue weighted by Gasteiger charge is 2.18. The highest BCUT2D eigenvalue weighted by atomic mass is 16.5. The molecule has 4 aromatic rings. The van der Waals surface area contributed by atoms with E-state index in [1.807, 2.05) is 46.6 Å². The molecule has 0 radical (unpaired) electrons. The number of nitrogens with zero attached hydrogens (tertiary/aromatic N) is 7. The van der Waals surface area contributed by atoms with Crippen LogP contribution < -0.4 is 10.1 Å². The molecule has 5 rings (SSSR count). The molecule has 1 saturated heterocycles. The van der Waals surface area contributed by atoms with Crippen molar-refractivity contribution in [2.45, 2.75) is 33.2 Å². The molecule has 0 amide bonds. The molecular formula is C24H30N8O2. The average Bonchev–Trinajstić information content (AvgIpc) is 3.48. The summed E-state index contributed by atoms with van der Waals surface area (Å²) in [6.45, 7) is 8.21. The highest BCUT2D eigenvalue weighted by Crippen LogP contribution is 2.28. The minimum Gasteiger partial charge on any atom is -0.494 e. The summed E-state index contributed by atoms with van der Waals surface area (Å²) in [7, 11) is 1.66. The number of aryl methyl sites for hydroxylation is 2. The molecule has 0 atom stereocenters. The normalized spacial score (nSPS) is 14.6. The summed E-state index contributed by atoms with van der Waals surface area (Å²) in [6.07, 6.45) is 7.51. The van der Waals surface area contributed by atoms with Crippen LogP contribution in [-0.4, -0.2) is 67.4 Å². The number of aromatic nitrogens is 6. The van der Waals surface area contributed by atoms with Gasteiger partial charge in [-0.2, -0.15) is 9.50 Å². The first kappa shape index (κ1) is 22.3. The lowest BCUT2D eigenvalue weighted by Crippen LogP contribution is -2.35. The number of nitrogens with one attached hydrogen (secondary N) is 1. The molecule has 0 spiro atoms. The number of methoxy groups -OCH3 is 1. The number of rotatable bonds is 8. The Bertz CT molecular complexity index is 1280. The lowest BCUT2D eigenvalue weighted by Gasteiger charge is -2.26. The van der Waals surface area contributed by atoms with Crippen molar-refractivity contribution in [1.82, 2.24) is 34.0 Å². The molecule has 0 aliphatic carbocycles. The summed E-state index contributed by atoms with van der Waals surface area (Å²) in [4.78, 5) is 16.2. The van der Waals surface area contributed by atoms with Gasteiger partial charge in [-0.05, 0) is 25.5 Å². The van der Waals surface area contributed by atoms with Crippen molar-refractivity contribution < 1.29 is 9.47 Å². The van der Waals surface area contributed by atoms with Crippen LogP contribution in [0.4, 0.5) is 11.6 Å². The number of hydrogen-bond acceptors (Lipinski definition) is 8. The van der Waals surface area contributed by atoms with Crippen molar-refractivity contribution in [3.63, 3.8) is 0 Å². The van der Waals surface area contributed by atoms with E-state index in [9.17, 15) is 0 Å². The minimum atomic E-state index is 0.529. The predicted molar refractivity (Wildman–Crippen MR) is 129 cm³/mol. The first-order chi connectivity index (χ1) is 16.6. The van der Waals surface area contributed by atoms with Gasteiger partial charge in [0, 0.05) is 55.8 Å². The van der Waals surface area contributed by atoms with E-state index in [2.05, 4.69) is 22.1 Å². The van der Waals surface area contributed by atoms with Crippen molar-refractivity contribution >= 4 is 17.3 Å². The lowest BCUT2D eigenvalue weighted by molar-refractivity contribution is 0.0342. The fourth-order valence-corrected chi connectivity index (χ4v) is 4.17. The molecular weight excluding hydrogens is 432 g/mol. The van der Waals surface area contributed by atoms with Crippen LogP contribution in [0, 0.1) is 6.92 Å². The maximum absolute atomic E-state index is 5.64. The first-order valence-corrected chi connectivity index (χ1v) is 11.6. The fourth-order valence-electron chi connectivity index (χ4n) is 4.17. The number of benzene rings is 1. The summed E-state index contributed by atoms with van der Waals surface area (Å²) in [5, 5.41) is 8.10. The second-order valence-corrected chi connectivity index (χ2v) is 8.44. The largest absolute Gasteiger partial charge is 0.494 e. The van der Waals surface area contributed by atoms with Crippen LogP contribution in [0.15, 0.2) is 36.9 Å². The van der Waals surface area contributed by atoms with Crippen molar-refractivity contribution in [3.8, 4) is 11.4 Å². The zero-order chi connectivity index (χ0) is 23.5. The van der Waals surface area contributed by atoms with E-state index in [0.29, 0.717) is 5.95 Å². The zero-order valence-corrected chi connectivity index (χ0v) is 19.9. The maximum atomic E-state index is 5.64. The number of morpholine rings is 1. The number of ether oxygens (including phenoxy) is 2. The molecule has 1 N–H and O–H groups in total. The van der Waals surface area contributed by atoms with Gasteiger partial charge < -0.3 is 19.4 Å². The molecule has 34 heavy (non-hydrogen) atoms. The highest BCUT2D eigenvalue weighted by molar-refractivity contribution is 5.63. The monoisotopic (exact) mass is 462 g/mol. The predicted octanol–water partition coefficient (Wildman–Crippen LogP) is 3.16. The fraction of sp³-hybridized carbons (Fsp3) is 0.417. The van der Waals surface area contributed by atoms with Gasteiger partial charge in [-0.25, -0.2) is 9.97 Å². The first-order valence-electron chi connectivity index (χ1n) is 11.6. The van der Waals surface area contributed by atoms with Gasteiger partial charge >= 0.3 is 0 Å². The summed E-state index contributed by atoms with van der Waals surface area (Å²) in [6, 6.07) is 5.92. The summed E-state index contributed by atoms with van der Waals surface area (Å²) in [5.74, 6) is 2.17. The van der Waals surface area contributed by atoms with Crippen LogP contribution in [-0.2, 0) is 17.7 Å². The van der Waals surface area contributed by atoms with Gasteiger partial charge in [0.25, 0.3) is 0 Å². The second-order valence-electron chi connectivity index (χ2n) is 8.44. The molecule has 0 bridgehead atoms. The van der Waals surface area contributed by atoms with E-state index in [1.54, 1.807) is 13.4 Å². The Balaban J connectivity index is 1.45. The van der Waals surface area contributed by atoms with Gasteiger partial charge in [0.15, 0.2) is 5.65 Å². The molecule has 178 valence electrons. The molecule has 3 aromatic heterocycles. The smallest absolute Gasteiger partial charge is 0.247 e. The maximum Gasteiger partial charge on any atom is 0.247 e. The minimum absolute atomic E-state index is 0.529. The van der Waals surface area contributed by atoms with E-state index in [4.69, 9.17) is 24.5 Å². The topological polar surface area (TPSA) is 94.6 Å². The number of anilines is 2. The molecule has 1 aliphatic rings. The van der Waals surface area contributed by atoms with Crippen LogP contribution in [0.2, 0.25) is 0 Å².